The Balaban J connectivity index is 1.92. The number of nitrogens with zero attached hydrogens (tertiary/aromatic N) is 2. The number of benzene rings is 1. The number of fused-ring (bicyclic) bond motifs is 1. The summed E-state index contributed by atoms with van der Waals surface area (Å²) in [4.78, 5) is 24.7. The van der Waals surface area contributed by atoms with E-state index in [9.17, 15) is 9.59 Å². The summed E-state index contributed by atoms with van der Waals surface area (Å²) >= 11 is 0. The van der Waals surface area contributed by atoms with Crippen LogP contribution in [-0.2, 0) is 4.79 Å². The first-order valence-electron chi connectivity index (χ1n) is 7.10. The van der Waals surface area contributed by atoms with Gasteiger partial charge < -0.3 is 5.43 Å². The van der Waals surface area contributed by atoms with Crippen LogP contribution in [0, 0.1) is 5.92 Å². The standard InChI is InChI=1S/C15H18N4O2/c1-9(2)14-12-4-3-11(7-10(12)8-16-18-14)19-6-5-13(20)17-15(19)21/h3-4,7-9,14,18H,5-6H2,1-2H3,(H,17,20,21). The summed E-state index contributed by atoms with van der Waals surface area (Å²) in [5.41, 5.74) is 6.09. The predicted molar refractivity (Wildman–Crippen MR) is 80.3 cm³/mol. The molecule has 0 bridgehead atoms. The highest BCUT2D eigenvalue weighted by atomic mass is 16.2. The van der Waals surface area contributed by atoms with Crippen molar-refractivity contribution in [1.29, 1.82) is 0 Å². The van der Waals surface area contributed by atoms with E-state index >= 15 is 0 Å². The zero-order valence-electron chi connectivity index (χ0n) is 12.1. The molecule has 1 aromatic carbocycles. The molecule has 0 saturated carbocycles. The lowest BCUT2D eigenvalue weighted by molar-refractivity contribution is -0.120. The van der Waals surface area contributed by atoms with Crippen molar-refractivity contribution in [3.05, 3.63) is 29.3 Å². The van der Waals surface area contributed by atoms with Crippen molar-refractivity contribution in [2.75, 3.05) is 11.4 Å². The normalized spacial score (nSPS) is 21.1. The van der Waals surface area contributed by atoms with Crippen LogP contribution in [0.2, 0.25) is 0 Å². The molecule has 0 aromatic heterocycles. The molecule has 1 atom stereocenters. The van der Waals surface area contributed by atoms with Gasteiger partial charge in [-0.25, -0.2) is 4.79 Å². The molecule has 0 spiro atoms. The molecule has 3 rings (SSSR count). The molecule has 6 nitrogen and oxygen atoms in total. The van der Waals surface area contributed by atoms with Gasteiger partial charge in [0.2, 0.25) is 5.91 Å². The molecule has 21 heavy (non-hydrogen) atoms. The number of imide groups is 1. The van der Waals surface area contributed by atoms with E-state index < -0.39 is 0 Å². The average molecular weight is 286 g/mol. The molecule has 2 heterocycles. The van der Waals surface area contributed by atoms with Gasteiger partial charge in [0.05, 0.1) is 12.3 Å². The average Bonchev–Trinajstić information content (AvgIpc) is 2.46. The number of carbonyl (C=O) groups is 2. The van der Waals surface area contributed by atoms with Crippen LogP contribution in [0.5, 0.6) is 0 Å². The number of hydrogen-bond donors (Lipinski definition) is 2. The minimum Gasteiger partial charge on any atom is -0.302 e. The highest BCUT2D eigenvalue weighted by Gasteiger charge is 2.26. The summed E-state index contributed by atoms with van der Waals surface area (Å²) in [5.74, 6) is 0.197. The van der Waals surface area contributed by atoms with Gasteiger partial charge in [-0.1, -0.05) is 19.9 Å². The molecular formula is C15H18N4O2. The van der Waals surface area contributed by atoms with Crippen molar-refractivity contribution in [1.82, 2.24) is 10.7 Å². The lowest BCUT2D eigenvalue weighted by Gasteiger charge is -2.29. The van der Waals surface area contributed by atoms with Gasteiger partial charge in [0.1, 0.15) is 0 Å². The summed E-state index contributed by atoms with van der Waals surface area (Å²) < 4.78 is 0. The predicted octanol–water partition coefficient (Wildman–Crippen LogP) is 1.77. The van der Waals surface area contributed by atoms with Crippen LogP contribution in [0.1, 0.15) is 37.4 Å². The molecule has 3 amide bonds. The van der Waals surface area contributed by atoms with Crippen molar-refractivity contribution >= 4 is 23.8 Å². The number of nitrogens with one attached hydrogen (secondary N) is 2. The van der Waals surface area contributed by atoms with Gasteiger partial charge in [0.25, 0.3) is 0 Å². The number of hydrazone groups is 1. The van der Waals surface area contributed by atoms with Crippen LogP contribution in [0.25, 0.3) is 0 Å². The van der Waals surface area contributed by atoms with Gasteiger partial charge >= 0.3 is 6.03 Å². The zero-order chi connectivity index (χ0) is 15.0. The maximum atomic E-state index is 11.9. The second-order valence-electron chi connectivity index (χ2n) is 5.68. The Labute approximate surface area is 123 Å². The van der Waals surface area contributed by atoms with Crippen molar-refractivity contribution in [2.24, 2.45) is 11.0 Å². The van der Waals surface area contributed by atoms with Crippen LogP contribution in [0.3, 0.4) is 0 Å². The zero-order valence-corrected chi connectivity index (χ0v) is 12.1. The fourth-order valence-electron chi connectivity index (χ4n) is 2.70. The minimum atomic E-state index is -0.363. The van der Waals surface area contributed by atoms with Crippen molar-refractivity contribution in [2.45, 2.75) is 26.3 Å². The molecule has 1 aromatic rings. The van der Waals surface area contributed by atoms with Gasteiger partial charge in [0.15, 0.2) is 0 Å². The number of carbonyl (C=O) groups excluding carboxylic acids is 2. The molecule has 2 aliphatic heterocycles. The summed E-state index contributed by atoms with van der Waals surface area (Å²) in [6, 6.07) is 5.71. The van der Waals surface area contributed by atoms with Gasteiger partial charge in [-0.2, -0.15) is 5.10 Å². The Morgan fingerprint density at radius 2 is 2.14 bits per heavy atom. The van der Waals surface area contributed by atoms with E-state index in [1.165, 1.54) is 5.56 Å². The van der Waals surface area contributed by atoms with Gasteiger partial charge in [-0.3, -0.25) is 15.0 Å². The summed E-state index contributed by atoms with van der Waals surface area (Å²) in [7, 11) is 0. The first-order valence-corrected chi connectivity index (χ1v) is 7.10. The Morgan fingerprint density at radius 3 is 2.86 bits per heavy atom. The molecule has 0 radical (unpaired) electrons. The smallest absolute Gasteiger partial charge is 0.302 e. The van der Waals surface area contributed by atoms with Crippen LogP contribution in [-0.4, -0.2) is 24.7 Å². The summed E-state index contributed by atoms with van der Waals surface area (Å²) in [5, 5.41) is 6.53. The molecule has 110 valence electrons. The van der Waals surface area contributed by atoms with E-state index in [1.54, 1.807) is 11.1 Å². The first kappa shape index (κ1) is 13.6. The van der Waals surface area contributed by atoms with E-state index in [2.05, 4.69) is 29.7 Å². The molecular weight excluding hydrogens is 268 g/mol. The Morgan fingerprint density at radius 1 is 1.33 bits per heavy atom. The third kappa shape index (κ3) is 2.49. The van der Waals surface area contributed by atoms with Gasteiger partial charge in [0, 0.05) is 24.2 Å². The second-order valence-corrected chi connectivity index (χ2v) is 5.68. The Bertz CT molecular complexity index is 624. The molecule has 2 aliphatic rings. The molecule has 1 fully saturated rings. The molecule has 1 unspecified atom stereocenters. The Hall–Kier alpha value is -2.37. The monoisotopic (exact) mass is 286 g/mol. The largest absolute Gasteiger partial charge is 0.328 e. The topological polar surface area (TPSA) is 73.8 Å². The number of anilines is 1. The van der Waals surface area contributed by atoms with Crippen molar-refractivity contribution < 1.29 is 9.59 Å². The molecule has 2 N–H and O–H groups in total. The van der Waals surface area contributed by atoms with E-state index in [0.717, 1.165) is 11.3 Å². The van der Waals surface area contributed by atoms with E-state index in [0.29, 0.717) is 18.9 Å². The van der Waals surface area contributed by atoms with Crippen LogP contribution >= 0.6 is 0 Å². The summed E-state index contributed by atoms with van der Waals surface area (Å²) in [6.45, 7) is 4.69. The van der Waals surface area contributed by atoms with Crippen molar-refractivity contribution in [3.8, 4) is 0 Å². The number of amides is 3. The highest BCUT2D eigenvalue weighted by Crippen LogP contribution is 2.30. The quantitative estimate of drug-likeness (QED) is 0.870. The van der Waals surface area contributed by atoms with Crippen LogP contribution < -0.4 is 15.6 Å². The fourth-order valence-corrected chi connectivity index (χ4v) is 2.70. The molecule has 6 heteroatoms. The summed E-state index contributed by atoms with van der Waals surface area (Å²) in [6.07, 6.45) is 2.10. The number of rotatable bonds is 2. The lowest BCUT2D eigenvalue weighted by atomic mass is 9.91. The SMILES string of the molecule is CC(C)C1NN=Cc2cc(N3CCC(=O)NC3=O)ccc21. The van der Waals surface area contributed by atoms with Crippen molar-refractivity contribution in [3.63, 3.8) is 0 Å². The second kappa shape index (κ2) is 5.20. The van der Waals surface area contributed by atoms with E-state index in [1.807, 2.05) is 18.2 Å². The maximum absolute atomic E-state index is 11.9. The maximum Gasteiger partial charge on any atom is 0.328 e. The first-order chi connectivity index (χ1) is 10.1. The van der Waals surface area contributed by atoms with E-state index in [4.69, 9.17) is 0 Å². The highest BCUT2D eigenvalue weighted by molar-refractivity contribution is 6.06. The number of urea groups is 1. The third-order valence-electron chi connectivity index (χ3n) is 3.86. The van der Waals surface area contributed by atoms with E-state index in [-0.39, 0.29) is 18.0 Å². The third-order valence-corrected chi connectivity index (χ3v) is 3.86. The fraction of sp³-hybridized carbons (Fsp3) is 0.400. The number of hydrogen-bond acceptors (Lipinski definition) is 4. The minimum absolute atomic E-state index is 0.177. The van der Waals surface area contributed by atoms with Crippen LogP contribution in [0.15, 0.2) is 23.3 Å². The molecule has 0 aliphatic carbocycles. The van der Waals surface area contributed by atoms with Gasteiger partial charge in [-0.05, 0) is 23.6 Å². The molecule has 1 saturated heterocycles. The van der Waals surface area contributed by atoms with Crippen LogP contribution in [0.4, 0.5) is 10.5 Å². The lowest BCUT2D eigenvalue weighted by Crippen LogP contribution is -2.49. The Kier molecular flexibility index (Phi) is 3.37. The van der Waals surface area contributed by atoms with Gasteiger partial charge in [-0.15, -0.1) is 0 Å².